The smallest absolute Gasteiger partial charge is 0.208 e. The Hall–Kier alpha value is -2.18. The molecule has 0 saturated heterocycles. The van der Waals surface area contributed by atoms with E-state index in [1.54, 1.807) is 0 Å². The molecule has 0 aliphatic carbocycles. The van der Waals surface area contributed by atoms with E-state index in [2.05, 4.69) is 0 Å². The van der Waals surface area contributed by atoms with Crippen molar-refractivity contribution in [3.05, 3.63) is 47.5 Å². The molecule has 1 radical (unpaired) electrons. The Labute approximate surface area is 119 Å². The van der Waals surface area contributed by atoms with Gasteiger partial charge in [-0.2, -0.15) is 0 Å². The van der Waals surface area contributed by atoms with Gasteiger partial charge in [0.05, 0.1) is 14.2 Å². The summed E-state index contributed by atoms with van der Waals surface area (Å²) < 4.78 is 64.1. The van der Waals surface area contributed by atoms with Gasteiger partial charge in [-0.05, 0) is 10.9 Å². The number of halogens is 4. The maximum atomic E-state index is 13.8. The highest BCUT2D eigenvalue weighted by molar-refractivity contribution is 6.68. The standard InChI is InChI=1S/C14H10BF4O2/c1-20-8-5-10(18)13(11(19)6-8)15-14-9(17)3-7(16)4-12(14)21-2/h3-6H,1-2H3. The van der Waals surface area contributed by atoms with Gasteiger partial charge in [-0.1, -0.05) is 0 Å². The predicted molar refractivity (Wildman–Crippen MR) is 70.8 cm³/mol. The minimum absolute atomic E-state index is 0.00584. The molecule has 2 aromatic rings. The second-order valence-electron chi connectivity index (χ2n) is 4.15. The van der Waals surface area contributed by atoms with E-state index in [1.165, 1.54) is 14.2 Å². The average Bonchev–Trinajstić information content (AvgIpc) is 2.43. The molecular weight excluding hydrogens is 287 g/mol. The summed E-state index contributed by atoms with van der Waals surface area (Å²) in [5, 5.41) is 0. The molecule has 2 aromatic carbocycles. The lowest BCUT2D eigenvalue weighted by atomic mass is 9.62. The summed E-state index contributed by atoms with van der Waals surface area (Å²) in [5.41, 5.74) is -0.721. The van der Waals surface area contributed by atoms with Gasteiger partial charge < -0.3 is 9.47 Å². The summed E-state index contributed by atoms with van der Waals surface area (Å²) in [6.07, 6.45) is 0. The zero-order chi connectivity index (χ0) is 15.6. The molecule has 21 heavy (non-hydrogen) atoms. The minimum Gasteiger partial charge on any atom is -0.497 e. The molecule has 0 atom stereocenters. The maximum absolute atomic E-state index is 13.8. The zero-order valence-corrected chi connectivity index (χ0v) is 11.2. The zero-order valence-electron chi connectivity index (χ0n) is 11.2. The Kier molecular flexibility index (Phi) is 4.40. The van der Waals surface area contributed by atoms with Crippen LogP contribution in [-0.4, -0.2) is 21.5 Å². The van der Waals surface area contributed by atoms with Crippen molar-refractivity contribution in [1.29, 1.82) is 0 Å². The summed E-state index contributed by atoms with van der Waals surface area (Å²) >= 11 is 0. The fraction of sp³-hybridized carbons (Fsp3) is 0.143. The summed E-state index contributed by atoms with van der Waals surface area (Å²) in [6, 6.07) is 3.45. The first kappa shape index (κ1) is 15.2. The van der Waals surface area contributed by atoms with E-state index < -0.39 is 28.7 Å². The number of benzene rings is 2. The molecule has 0 aliphatic heterocycles. The van der Waals surface area contributed by atoms with Crippen LogP contribution in [0.4, 0.5) is 17.6 Å². The predicted octanol–water partition coefficient (Wildman–Crippen LogP) is 1.92. The van der Waals surface area contributed by atoms with Crippen LogP contribution in [0.2, 0.25) is 0 Å². The molecule has 7 heteroatoms. The molecule has 0 saturated carbocycles. The van der Waals surface area contributed by atoms with Crippen LogP contribution in [0.15, 0.2) is 24.3 Å². The van der Waals surface area contributed by atoms with E-state index in [0.29, 0.717) is 6.07 Å². The Balaban J connectivity index is 2.48. The van der Waals surface area contributed by atoms with Gasteiger partial charge in [0, 0.05) is 24.3 Å². The van der Waals surface area contributed by atoms with Gasteiger partial charge in [-0.25, -0.2) is 17.6 Å². The van der Waals surface area contributed by atoms with Crippen molar-refractivity contribution < 1.29 is 27.0 Å². The number of rotatable bonds is 4. The van der Waals surface area contributed by atoms with Crippen LogP contribution >= 0.6 is 0 Å². The van der Waals surface area contributed by atoms with Gasteiger partial charge >= 0.3 is 0 Å². The third kappa shape index (κ3) is 3.12. The molecule has 0 fully saturated rings. The molecular formula is C14H10BF4O2. The molecule has 109 valence electrons. The first-order valence-corrected chi connectivity index (χ1v) is 5.87. The van der Waals surface area contributed by atoms with Crippen LogP contribution in [-0.2, 0) is 0 Å². The molecule has 0 aromatic heterocycles. The van der Waals surface area contributed by atoms with Crippen LogP contribution in [0.1, 0.15) is 0 Å². The summed E-state index contributed by atoms with van der Waals surface area (Å²) in [4.78, 5) is 0. The quantitative estimate of drug-likeness (QED) is 0.634. The van der Waals surface area contributed by atoms with Crippen molar-refractivity contribution in [2.45, 2.75) is 0 Å². The lowest BCUT2D eigenvalue weighted by molar-refractivity contribution is 0.407. The van der Waals surface area contributed by atoms with Crippen LogP contribution in [0.3, 0.4) is 0 Å². The second-order valence-corrected chi connectivity index (χ2v) is 4.15. The van der Waals surface area contributed by atoms with E-state index in [0.717, 1.165) is 25.5 Å². The average molecular weight is 297 g/mol. The lowest BCUT2D eigenvalue weighted by Gasteiger charge is -2.11. The fourth-order valence-corrected chi connectivity index (χ4v) is 1.83. The largest absolute Gasteiger partial charge is 0.497 e. The topological polar surface area (TPSA) is 18.5 Å². The van der Waals surface area contributed by atoms with Crippen molar-refractivity contribution in [1.82, 2.24) is 0 Å². The van der Waals surface area contributed by atoms with Crippen molar-refractivity contribution in [3.8, 4) is 11.5 Å². The molecule has 2 nitrogen and oxygen atoms in total. The second kappa shape index (κ2) is 6.07. The third-order valence-electron chi connectivity index (χ3n) is 2.85. The minimum atomic E-state index is -0.985. The van der Waals surface area contributed by atoms with Gasteiger partial charge in [-0.15, -0.1) is 0 Å². The highest BCUT2D eigenvalue weighted by Crippen LogP contribution is 2.15. The summed E-state index contributed by atoms with van der Waals surface area (Å²) in [7, 11) is 3.38. The Morgan fingerprint density at radius 2 is 1.33 bits per heavy atom. The molecule has 0 N–H and O–H groups in total. The lowest BCUT2D eigenvalue weighted by Crippen LogP contribution is -2.35. The van der Waals surface area contributed by atoms with E-state index in [4.69, 9.17) is 9.47 Å². The molecule has 0 bridgehead atoms. The van der Waals surface area contributed by atoms with Crippen molar-refractivity contribution >= 4 is 18.2 Å². The van der Waals surface area contributed by atoms with Crippen LogP contribution in [0.5, 0.6) is 11.5 Å². The Morgan fingerprint density at radius 3 is 1.86 bits per heavy atom. The van der Waals surface area contributed by atoms with E-state index >= 15 is 0 Å². The van der Waals surface area contributed by atoms with E-state index in [1.807, 2.05) is 0 Å². The number of methoxy groups -OCH3 is 2. The fourth-order valence-electron chi connectivity index (χ4n) is 1.83. The van der Waals surface area contributed by atoms with Crippen LogP contribution in [0.25, 0.3) is 0 Å². The summed E-state index contributed by atoms with van der Waals surface area (Å²) in [5.74, 6) is -3.87. The number of hydrogen-bond acceptors (Lipinski definition) is 2. The van der Waals surface area contributed by atoms with Gasteiger partial charge in [0.25, 0.3) is 0 Å². The highest BCUT2D eigenvalue weighted by Gasteiger charge is 2.19. The van der Waals surface area contributed by atoms with Gasteiger partial charge in [0.1, 0.15) is 34.8 Å². The SMILES string of the molecule is COc1cc(F)c([B]c2c(F)cc(F)cc2OC)c(F)c1. The highest BCUT2D eigenvalue weighted by atomic mass is 19.1. The van der Waals surface area contributed by atoms with Crippen molar-refractivity contribution in [2.75, 3.05) is 14.2 Å². The molecule has 0 unspecified atom stereocenters. The van der Waals surface area contributed by atoms with Crippen LogP contribution in [0, 0.1) is 23.3 Å². The van der Waals surface area contributed by atoms with Gasteiger partial charge in [0.2, 0.25) is 7.28 Å². The van der Waals surface area contributed by atoms with Crippen LogP contribution < -0.4 is 20.4 Å². The third-order valence-corrected chi connectivity index (χ3v) is 2.85. The first-order chi connectivity index (χ1) is 9.96. The number of hydrogen-bond donors (Lipinski definition) is 0. The molecule has 0 spiro atoms. The molecule has 0 amide bonds. The van der Waals surface area contributed by atoms with Crippen molar-refractivity contribution in [2.24, 2.45) is 0 Å². The normalized spacial score (nSPS) is 10.4. The monoisotopic (exact) mass is 297 g/mol. The van der Waals surface area contributed by atoms with Gasteiger partial charge in [-0.3, -0.25) is 0 Å². The Morgan fingerprint density at radius 1 is 0.762 bits per heavy atom. The molecule has 2 rings (SSSR count). The van der Waals surface area contributed by atoms with E-state index in [-0.39, 0.29) is 17.0 Å². The molecule has 0 heterocycles. The first-order valence-electron chi connectivity index (χ1n) is 5.87. The number of ether oxygens (including phenoxy) is 2. The maximum Gasteiger partial charge on any atom is 0.208 e. The van der Waals surface area contributed by atoms with E-state index in [9.17, 15) is 17.6 Å². The van der Waals surface area contributed by atoms with Gasteiger partial charge in [0.15, 0.2) is 0 Å². The Bertz CT molecular complexity index is 653. The van der Waals surface area contributed by atoms with Crippen molar-refractivity contribution in [3.63, 3.8) is 0 Å². The summed E-state index contributed by atoms with van der Waals surface area (Å²) in [6.45, 7) is 0. The molecule has 0 aliphatic rings.